The quantitative estimate of drug-likeness (QED) is 0.175. The highest BCUT2D eigenvalue weighted by molar-refractivity contribution is 7.81. The Morgan fingerprint density at radius 3 is 2.45 bits per heavy atom. The smallest absolute Gasteiger partial charge is 0.270 e. The number of hydrogen-bond donors (Lipinski definition) is 1. The molecule has 1 N–H and O–H groups in total. The average Bonchev–Trinajstić information content (AvgIpc) is 2.68. The molecule has 3 rings (SSSR count). The van der Waals surface area contributed by atoms with Gasteiger partial charge in [0.15, 0.2) is 17.4 Å². The van der Waals surface area contributed by atoms with Crippen LogP contribution in [0.4, 0.5) is 11.4 Å². The van der Waals surface area contributed by atoms with E-state index in [1.165, 1.54) is 18.2 Å². The highest BCUT2D eigenvalue weighted by Crippen LogP contribution is 2.21. The van der Waals surface area contributed by atoms with E-state index in [4.69, 9.17) is 12.2 Å². The maximum Gasteiger partial charge on any atom is 0.270 e. The summed E-state index contributed by atoms with van der Waals surface area (Å²) in [5.74, 6) is -0.408. The summed E-state index contributed by atoms with van der Waals surface area (Å²) in [6.07, 6.45) is 3.51. The molecule has 0 aliphatic rings. The van der Waals surface area contributed by atoms with E-state index >= 15 is 0 Å². The Morgan fingerprint density at radius 1 is 1.03 bits per heavy atom. The van der Waals surface area contributed by atoms with Gasteiger partial charge in [-0.1, -0.05) is 36.5 Å². The minimum absolute atomic E-state index is 0.151. The predicted octanol–water partition coefficient (Wildman–Crippen LogP) is 3.62. The lowest BCUT2D eigenvalue weighted by Gasteiger charge is -2.17. The minimum Gasteiger partial charge on any atom is -0.867 e. The second-order valence-corrected chi connectivity index (χ2v) is 7.01. The molecule has 0 radical (unpaired) electrons. The number of nitrogens with zero attached hydrogens (tertiary/aromatic N) is 2. The number of benzene rings is 2. The summed E-state index contributed by atoms with van der Waals surface area (Å²) < 4.78 is 1.64. The topological polar surface area (TPSA) is 82.1 Å². The average molecular weight is 405 g/mol. The zero-order chi connectivity index (χ0) is 21.0. The van der Waals surface area contributed by atoms with Gasteiger partial charge in [0.05, 0.1) is 4.92 Å². The van der Waals surface area contributed by atoms with Gasteiger partial charge >= 0.3 is 0 Å². The number of nitro groups is 1. The fourth-order valence-electron chi connectivity index (χ4n) is 2.88. The molecule has 0 spiro atoms. The molecule has 0 saturated carbocycles. The summed E-state index contributed by atoms with van der Waals surface area (Å²) in [7, 11) is 0. The number of aromatic nitrogens is 1. The standard InChI is InChI=1S/C22H19N3O3S/c1-15-6-3-9-18(12-15)23-22(29)20(24-11-5-7-16(2)14-24)21(26)17-8-4-10-19(13-17)25(27)28/h3-14H,1-2H3,(H-,23,26,29). The Hall–Kier alpha value is -3.58. The van der Waals surface area contributed by atoms with Crippen LogP contribution in [0.25, 0.3) is 11.5 Å². The fourth-order valence-corrected chi connectivity index (χ4v) is 3.20. The zero-order valence-corrected chi connectivity index (χ0v) is 16.8. The molecule has 2 aromatic carbocycles. The first-order valence-corrected chi connectivity index (χ1v) is 9.28. The van der Waals surface area contributed by atoms with Crippen LogP contribution in [0.1, 0.15) is 16.7 Å². The molecule has 146 valence electrons. The summed E-state index contributed by atoms with van der Waals surface area (Å²) in [6, 6.07) is 17.0. The molecule has 0 aliphatic heterocycles. The molecule has 0 atom stereocenters. The Balaban J connectivity index is 2.12. The lowest BCUT2D eigenvalue weighted by atomic mass is 10.1. The van der Waals surface area contributed by atoms with Crippen molar-refractivity contribution in [3.05, 3.63) is 99.9 Å². The number of hydrogen-bond acceptors (Lipinski definition) is 4. The molecule has 0 amide bonds. The number of thiocarbonyl (C=S) groups is 1. The third-order valence-electron chi connectivity index (χ3n) is 4.23. The van der Waals surface area contributed by atoms with Gasteiger partial charge in [-0.25, -0.2) is 0 Å². The normalized spacial score (nSPS) is 11.5. The van der Waals surface area contributed by atoms with Crippen molar-refractivity contribution in [1.29, 1.82) is 0 Å². The van der Waals surface area contributed by atoms with Gasteiger partial charge in [0.25, 0.3) is 5.69 Å². The van der Waals surface area contributed by atoms with Gasteiger partial charge in [-0.2, -0.15) is 4.57 Å². The second-order valence-electron chi connectivity index (χ2n) is 6.60. The molecule has 0 unspecified atom stereocenters. The predicted molar refractivity (Wildman–Crippen MR) is 115 cm³/mol. The Kier molecular flexibility index (Phi) is 5.99. The monoisotopic (exact) mass is 405 g/mol. The molecular formula is C22H19N3O3S. The van der Waals surface area contributed by atoms with Crippen LogP contribution >= 0.6 is 12.2 Å². The van der Waals surface area contributed by atoms with Gasteiger partial charge in [0.2, 0.25) is 5.70 Å². The van der Waals surface area contributed by atoms with Crippen LogP contribution in [-0.4, -0.2) is 9.91 Å². The first-order chi connectivity index (χ1) is 13.8. The Bertz CT molecular complexity index is 1130. The lowest BCUT2D eigenvalue weighted by molar-refractivity contribution is -0.578. The first-order valence-electron chi connectivity index (χ1n) is 8.87. The highest BCUT2D eigenvalue weighted by atomic mass is 32.1. The SMILES string of the molecule is Cc1cccc(NC(=S)C(=C([O-])c2cccc([N+](=O)[O-])c2)[n+]2cccc(C)c2)c1. The van der Waals surface area contributed by atoms with Crippen molar-refractivity contribution in [2.45, 2.75) is 13.8 Å². The molecule has 1 heterocycles. The van der Waals surface area contributed by atoms with E-state index in [1.54, 1.807) is 23.0 Å². The van der Waals surface area contributed by atoms with Crippen molar-refractivity contribution in [3.8, 4) is 0 Å². The van der Waals surface area contributed by atoms with Crippen molar-refractivity contribution in [2.75, 3.05) is 5.32 Å². The third-order valence-corrected chi connectivity index (χ3v) is 4.53. The van der Waals surface area contributed by atoms with Crippen LogP contribution in [0.5, 0.6) is 0 Å². The van der Waals surface area contributed by atoms with E-state index in [0.717, 1.165) is 16.8 Å². The van der Waals surface area contributed by atoms with Crippen LogP contribution in [0.3, 0.4) is 0 Å². The van der Waals surface area contributed by atoms with Crippen molar-refractivity contribution in [2.24, 2.45) is 0 Å². The minimum atomic E-state index is -0.528. The summed E-state index contributed by atoms with van der Waals surface area (Å²) in [4.78, 5) is 10.8. The number of aryl methyl sites for hydroxylation is 2. The molecule has 7 heteroatoms. The van der Waals surface area contributed by atoms with E-state index in [0.29, 0.717) is 0 Å². The highest BCUT2D eigenvalue weighted by Gasteiger charge is 2.20. The molecule has 3 aromatic rings. The van der Waals surface area contributed by atoms with Crippen molar-refractivity contribution >= 4 is 40.0 Å². The molecule has 0 bridgehead atoms. The van der Waals surface area contributed by atoms with Crippen LogP contribution < -0.4 is 15.0 Å². The molecule has 0 fully saturated rings. The van der Waals surface area contributed by atoms with E-state index in [9.17, 15) is 15.2 Å². The summed E-state index contributed by atoms with van der Waals surface area (Å²) in [5.41, 5.74) is 3.00. The number of non-ortho nitro benzene ring substituents is 1. The molecule has 1 aromatic heterocycles. The van der Waals surface area contributed by atoms with Gasteiger partial charge in [-0.15, -0.1) is 0 Å². The molecule has 0 aliphatic carbocycles. The van der Waals surface area contributed by atoms with Crippen molar-refractivity contribution < 1.29 is 14.6 Å². The van der Waals surface area contributed by atoms with Gasteiger partial charge in [0, 0.05) is 29.4 Å². The number of anilines is 1. The molecule has 29 heavy (non-hydrogen) atoms. The van der Waals surface area contributed by atoms with E-state index < -0.39 is 10.7 Å². The fraction of sp³-hybridized carbons (Fsp3) is 0.0909. The Labute approximate surface area is 173 Å². The van der Waals surface area contributed by atoms with Crippen LogP contribution in [0.15, 0.2) is 73.1 Å². The van der Waals surface area contributed by atoms with Crippen LogP contribution in [-0.2, 0) is 0 Å². The van der Waals surface area contributed by atoms with E-state index in [2.05, 4.69) is 5.32 Å². The van der Waals surface area contributed by atoms with Gasteiger partial charge in [-0.05, 0) is 48.9 Å². The van der Waals surface area contributed by atoms with Gasteiger partial charge in [0.1, 0.15) is 0 Å². The Morgan fingerprint density at radius 2 is 1.76 bits per heavy atom. The number of pyridine rings is 1. The van der Waals surface area contributed by atoms with Crippen molar-refractivity contribution in [1.82, 2.24) is 0 Å². The largest absolute Gasteiger partial charge is 0.867 e. The molecule has 0 saturated heterocycles. The number of nitrogens with one attached hydrogen (secondary N) is 1. The van der Waals surface area contributed by atoms with Crippen LogP contribution in [0, 0.1) is 24.0 Å². The van der Waals surface area contributed by atoms with Crippen molar-refractivity contribution in [3.63, 3.8) is 0 Å². The number of rotatable bonds is 5. The molecular weight excluding hydrogens is 386 g/mol. The van der Waals surface area contributed by atoms with E-state index in [1.807, 2.05) is 50.2 Å². The lowest BCUT2D eigenvalue weighted by Crippen LogP contribution is -2.40. The summed E-state index contributed by atoms with van der Waals surface area (Å²) in [5, 5.41) is 27.5. The third kappa shape index (κ3) is 4.83. The second kappa shape index (κ2) is 8.62. The van der Waals surface area contributed by atoms with Gasteiger partial charge in [-0.3, -0.25) is 10.1 Å². The van der Waals surface area contributed by atoms with Gasteiger partial charge < -0.3 is 10.4 Å². The summed E-state index contributed by atoms with van der Waals surface area (Å²) in [6.45, 7) is 3.87. The maximum atomic E-state index is 13.3. The zero-order valence-electron chi connectivity index (χ0n) is 16.0. The maximum absolute atomic E-state index is 13.3. The first kappa shape index (κ1) is 20.2. The molecule has 6 nitrogen and oxygen atoms in total. The summed E-state index contributed by atoms with van der Waals surface area (Å²) >= 11 is 5.56. The van der Waals surface area contributed by atoms with E-state index in [-0.39, 0.29) is 21.9 Å². The van der Waals surface area contributed by atoms with Crippen LogP contribution in [0.2, 0.25) is 0 Å². The number of nitro benzene ring substituents is 1.